The van der Waals surface area contributed by atoms with Crippen LogP contribution in [-0.4, -0.2) is 28.3 Å². The van der Waals surface area contributed by atoms with Gasteiger partial charge in [-0.2, -0.15) is 5.10 Å². The third-order valence-electron chi connectivity index (χ3n) is 4.75. The molecule has 1 N–H and O–H groups in total. The highest BCUT2D eigenvalue weighted by Crippen LogP contribution is 2.30. The van der Waals surface area contributed by atoms with Gasteiger partial charge in [0.05, 0.1) is 11.4 Å². The number of para-hydroxylation sites is 2. The van der Waals surface area contributed by atoms with Gasteiger partial charge in [0.15, 0.2) is 6.61 Å². The van der Waals surface area contributed by atoms with Gasteiger partial charge in [-0.1, -0.05) is 43.3 Å². The number of ether oxygens (including phenoxy) is 1. The van der Waals surface area contributed by atoms with Crippen molar-refractivity contribution in [3.63, 3.8) is 0 Å². The summed E-state index contributed by atoms with van der Waals surface area (Å²) < 4.78 is 7.07. The second-order valence-electron chi connectivity index (χ2n) is 6.80. The van der Waals surface area contributed by atoms with Crippen molar-refractivity contribution in [1.82, 2.24) is 9.78 Å². The van der Waals surface area contributed by atoms with Gasteiger partial charge in [-0.15, -0.1) is 11.3 Å². The second-order valence-corrected chi connectivity index (χ2v) is 7.83. The van der Waals surface area contributed by atoms with E-state index in [0.29, 0.717) is 4.88 Å². The summed E-state index contributed by atoms with van der Waals surface area (Å²) in [6.45, 7) is 3.59. The first kappa shape index (κ1) is 19.8. The van der Waals surface area contributed by atoms with Crippen LogP contribution in [0.2, 0.25) is 0 Å². The predicted molar refractivity (Wildman–Crippen MR) is 118 cm³/mol. The van der Waals surface area contributed by atoms with Crippen LogP contribution >= 0.6 is 11.3 Å². The number of hydrogen-bond donors (Lipinski definition) is 1. The minimum absolute atomic E-state index is 0.338. The number of nitrogens with one attached hydrogen (secondary N) is 1. The van der Waals surface area contributed by atoms with Gasteiger partial charge in [0, 0.05) is 11.1 Å². The van der Waals surface area contributed by atoms with Crippen molar-refractivity contribution in [2.45, 2.75) is 20.3 Å². The topological polar surface area (TPSA) is 73.2 Å². The number of fused-ring (bicyclic) bond motifs is 1. The summed E-state index contributed by atoms with van der Waals surface area (Å²) in [5, 5.41) is 8.27. The molecule has 0 spiro atoms. The van der Waals surface area contributed by atoms with Crippen molar-refractivity contribution in [1.29, 1.82) is 0 Å². The largest absolute Gasteiger partial charge is 0.451 e. The molecule has 2 aromatic carbocycles. The lowest BCUT2D eigenvalue weighted by molar-refractivity contribution is -0.119. The molecule has 4 rings (SSSR count). The van der Waals surface area contributed by atoms with Gasteiger partial charge in [0.25, 0.3) is 5.91 Å². The molecule has 0 unspecified atom stereocenters. The first-order chi connectivity index (χ1) is 14.6. The van der Waals surface area contributed by atoms with Crippen LogP contribution in [0, 0.1) is 6.92 Å². The number of hydrogen-bond acceptors (Lipinski definition) is 5. The number of nitrogens with zero attached hydrogens (tertiary/aromatic N) is 2. The van der Waals surface area contributed by atoms with Crippen molar-refractivity contribution in [2.24, 2.45) is 0 Å². The van der Waals surface area contributed by atoms with Gasteiger partial charge in [0.2, 0.25) is 0 Å². The molecule has 6 nitrogen and oxygen atoms in total. The maximum Gasteiger partial charge on any atom is 0.348 e. The van der Waals surface area contributed by atoms with Crippen LogP contribution in [0.5, 0.6) is 0 Å². The highest BCUT2D eigenvalue weighted by Gasteiger charge is 2.19. The fourth-order valence-corrected chi connectivity index (χ4v) is 4.31. The third kappa shape index (κ3) is 3.97. The molecule has 30 heavy (non-hydrogen) atoms. The third-order valence-corrected chi connectivity index (χ3v) is 5.84. The van der Waals surface area contributed by atoms with E-state index in [0.717, 1.165) is 39.3 Å². The standard InChI is InChI=1S/C23H21N3O3S/c1-3-16-9-7-8-12-19(16)24-21(27)14-29-23(28)20-13-18-15(2)25-26(22(18)30-20)17-10-5-4-6-11-17/h4-13H,3,14H2,1-2H3,(H,24,27). The first-order valence-electron chi connectivity index (χ1n) is 9.66. The van der Waals surface area contributed by atoms with E-state index in [1.807, 2.05) is 73.1 Å². The van der Waals surface area contributed by atoms with Crippen LogP contribution in [0.3, 0.4) is 0 Å². The number of carbonyl (C=O) groups is 2. The van der Waals surface area contributed by atoms with Crippen LogP contribution in [0.25, 0.3) is 15.9 Å². The Balaban J connectivity index is 1.47. The summed E-state index contributed by atoms with van der Waals surface area (Å²) in [6, 6.07) is 19.1. The van der Waals surface area contributed by atoms with E-state index in [9.17, 15) is 9.59 Å². The summed E-state index contributed by atoms with van der Waals surface area (Å²) in [5.74, 6) is -0.883. The van der Waals surface area contributed by atoms with Crippen LogP contribution in [-0.2, 0) is 16.0 Å². The van der Waals surface area contributed by atoms with Gasteiger partial charge in [-0.25, -0.2) is 9.48 Å². The number of anilines is 1. The van der Waals surface area contributed by atoms with E-state index < -0.39 is 5.97 Å². The van der Waals surface area contributed by atoms with E-state index in [2.05, 4.69) is 10.4 Å². The van der Waals surface area contributed by atoms with Crippen LogP contribution in [0.1, 0.15) is 27.9 Å². The average Bonchev–Trinajstić information content (AvgIpc) is 3.34. The number of carbonyl (C=O) groups excluding carboxylic acids is 2. The van der Waals surface area contributed by atoms with Crippen molar-refractivity contribution in [3.8, 4) is 5.69 Å². The molecule has 0 aliphatic rings. The Hall–Kier alpha value is -3.45. The molecule has 4 aromatic rings. The Morgan fingerprint density at radius 1 is 1.10 bits per heavy atom. The number of amides is 1. The van der Waals surface area contributed by atoms with Gasteiger partial charge < -0.3 is 10.1 Å². The second kappa shape index (κ2) is 8.51. The molecular weight excluding hydrogens is 398 g/mol. The maximum absolute atomic E-state index is 12.5. The van der Waals surface area contributed by atoms with Gasteiger partial charge in [0.1, 0.15) is 9.71 Å². The number of aromatic nitrogens is 2. The molecule has 0 radical (unpaired) electrons. The van der Waals surface area contributed by atoms with Gasteiger partial charge in [-0.3, -0.25) is 4.79 Å². The van der Waals surface area contributed by atoms with Crippen LogP contribution in [0.15, 0.2) is 60.7 Å². The molecule has 7 heteroatoms. The zero-order chi connectivity index (χ0) is 21.1. The van der Waals surface area contributed by atoms with Gasteiger partial charge >= 0.3 is 5.97 Å². The van der Waals surface area contributed by atoms with E-state index >= 15 is 0 Å². The summed E-state index contributed by atoms with van der Waals surface area (Å²) >= 11 is 1.30. The SMILES string of the molecule is CCc1ccccc1NC(=O)COC(=O)c1cc2c(C)nn(-c3ccccc3)c2s1. The van der Waals surface area contributed by atoms with E-state index in [-0.39, 0.29) is 12.5 Å². The van der Waals surface area contributed by atoms with Crippen molar-refractivity contribution in [2.75, 3.05) is 11.9 Å². The highest BCUT2D eigenvalue weighted by atomic mass is 32.1. The summed E-state index contributed by atoms with van der Waals surface area (Å²) in [4.78, 5) is 26.1. The number of rotatable bonds is 6. The zero-order valence-corrected chi connectivity index (χ0v) is 17.5. The van der Waals surface area contributed by atoms with E-state index in [1.165, 1.54) is 11.3 Å². The van der Waals surface area contributed by atoms with Crippen LogP contribution < -0.4 is 5.32 Å². The number of aryl methyl sites for hydroxylation is 2. The fraction of sp³-hybridized carbons (Fsp3) is 0.174. The van der Waals surface area contributed by atoms with Crippen molar-refractivity contribution in [3.05, 3.63) is 76.8 Å². The monoisotopic (exact) mass is 419 g/mol. The quantitative estimate of drug-likeness (QED) is 0.458. The minimum atomic E-state index is -0.519. The summed E-state index contributed by atoms with van der Waals surface area (Å²) in [7, 11) is 0. The molecular formula is C23H21N3O3S. The first-order valence-corrected chi connectivity index (χ1v) is 10.5. The summed E-state index contributed by atoms with van der Waals surface area (Å²) in [5.41, 5.74) is 3.52. The fourth-order valence-electron chi connectivity index (χ4n) is 3.23. The average molecular weight is 420 g/mol. The van der Waals surface area contributed by atoms with Crippen LogP contribution in [0.4, 0.5) is 5.69 Å². The lowest BCUT2D eigenvalue weighted by Gasteiger charge is -2.09. The Kier molecular flexibility index (Phi) is 5.63. The number of thiophene rings is 1. The number of benzene rings is 2. The molecule has 152 valence electrons. The van der Waals surface area contributed by atoms with Crippen molar-refractivity contribution < 1.29 is 14.3 Å². The maximum atomic E-state index is 12.5. The molecule has 2 heterocycles. The Morgan fingerprint density at radius 3 is 2.60 bits per heavy atom. The van der Waals surface area contributed by atoms with Gasteiger partial charge in [-0.05, 0) is 43.2 Å². The minimum Gasteiger partial charge on any atom is -0.451 e. The smallest absolute Gasteiger partial charge is 0.348 e. The lowest BCUT2D eigenvalue weighted by atomic mass is 10.1. The van der Waals surface area contributed by atoms with E-state index in [1.54, 1.807) is 6.07 Å². The molecule has 0 saturated heterocycles. The number of esters is 1. The molecule has 1 amide bonds. The predicted octanol–water partition coefficient (Wildman–Crippen LogP) is 4.75. The Morgan fingerprint density at radius 2 is 1.83 bits per heavy atom. The molecule has 2 aromatic heterocycles. The molecule has 0 bridgehead atoms. The zero-order valence-electron chi connectivity index (χ0n) is 16.7. The summed E-state index contributed by atoms with van der Waals surface area (Å²) in [6.07, 6.45) is 0.801. The normalized spacial score (nSPS) is 10.9. The molecule has 0 aliphatic carbocycles. The highest BCUT2D eigenvalue weighted by molar-refractivity contribution is 7.20. The molecule has 0 aliphatic heterocycles. The Bertz CT molecular complexity index is 1210. The molecule has 0 atom stereocenters. The molecule has 0 fully saturated rings. The van der Waals surface area contributed by atoms with Crippen molar-refractivity contribution >= 4 is 39.1 Å². The molecule has 0 saturated carbocycles. The lowest BCUT2D eigenvalue weighted by Crippen LogP contribution is -2.21. The van der Waals surface area contributed by atoms with E-state index in [4.69, 9.17) is 4.74 Å². The Labute approximate surface area is 178 Å².